The number of anilines is 1. The third-order valence-corrected chi connectivity index (χ3v) is 5.00. The van der Waals surface area contributed by atoms with Crippen LogP contribution in [0.5, 0.6) is 0 Å². The molecule has 3 rings (SSSR count). The zero-order valence-corrected chi connectivity index (χ0v) is 16.2. The molecular weight excluding hydrogens is 349 g/mol. The number of halogens is 2. The second-order valence-corrected chi connectivity index (χ2v) is 6.91. The molecule has 3 nitrogen and oxygen atoms in total. The van der Waals surface area contributed by atoms with E-state index >= 15 is 0 Å². The highest BCUT2D eigenvalue weighted by Gasteiger charge is 2.20. The number of piperazine rings is 1. The molecule has 0 aliphatic carbocycles. The highest BCUT2D eigenvalue weighted by Crippen LogP contribution is 2.23. The number of hydrogen-bond acceptors (Lipinski definition) is 3. The van der Waals surface area contributed by atoms with Gasteiger partial charge >= 0.3 is 0 Å². The lowest BCUT2D eigenvalue weighted by molar-refractivity contribution is 0.249. The lowest BCUT2D eigenvalue weighted by Crippen LogP contribution is -2.46. The van der Waals surface area contributed by atoms with Gasteiger partial charge in [-0.25, -0.2) is 4.39 Å². The maximum atomic E-state index is 14.5. The van der Waals surface area contributed by atoms with Crippen molar-refractivity contribution in [1.29, 1.82) is 0 Å². The van der Waals surface area contributed by atoms with Crippen LogP contribution in [0.4, 0.5) is 10.1 Å². The SMILES string of the molecule is CCC(N)Cc1ccc(N2CCN(Cc3ccccc3)CC2)c(F)c1.Cl. The molecule has 1 heterocycles. The van der Waals surface area contributed by atoms with Gasteiger partial charge in [0.05, 0.1) is 5.69 Å². The van der Waals surface area contributed by atoms with Crippen LogP contribution in [-0.2, 0) is 13.0 Å². The van der Waals surface area contributed by atoms with Crippen LogP contribution in [0.3, 0.4) is 0 Å². The van der Waals surface area contributed by atoms with Crippen LogP contribution in [0.25, 0.3) is 0 Å². The summed E-state index contributed by atoms with van der Waals surface area (Å²) < 4.78 is 14.5. The van der Waals surface area contributed by atoms with Gasteiger partial charge in [-0.05, 0) is 36.1 Å². The van der Waals surface area contributed by atoms with E-state index in [-0.39, 0.29) is 24.3 Å². The molecule has 0 bridgehead atoms. The van der Waals surface area contributed by atoms with Crippen LogP contribution >= 0.6 is 12.4 Å². The number of nitrogens with zero attached hydrogens (tertiary/aromatic N) is 2. The van der Waals surface area contributed by atoms with Crippen molar-refractivity contribution < 1.29 is 4.39 Å². The van der Waals surface area contributed by atoms with Crippen LogP contribution in [0.15, 0.2) is 48.5 Å². The van der Waals surface area contributed by atoms with Crippen LogP contribution in [-0.4, -0.2) is 37.1 Å². The van der Waals surface area contributed by atoms with Crippen molar-refractivity contribution in [3.05, 3.63) is 65.5 Å². The molecule has 142 valence electrons. The minimum Gasteiger partial charge on any atom is -0.367 e. The minimum atomic E-state index is -0.127. The average Bonchev–Trinajstić information content (AvgIpc) is 2.63. The van der Waals surface area contributed by atoms with Gasteiger partial charge in [-0.2, -0.15) is 0 Å². The Labute approximate surface area is 162 Å². The lowest BCUT2D eigenvalue weighted by atomic mass is 10.0. The van der Waals surface area contributed by atoms with Gasteiger partial charge in [0, 0.05) is 38.8 Å². The first kappa shape index (κ1) is 20.7. The third-order valence-electron chi connectivity index (χ3n) is 5.00. The Morgan fingerprint density at radius 1 is 1.00 bits per heavy atom. The van der Waals surface area contributed by atoms with Crippen molar-refractivity contribution in [3.63, 3.8) is 0 Å². The molecule has 1 fully saturated rings. The molecule has 1 unspecified atom stereocenters. The van der Waals surface area contributed by atoms with E-state index in [9.17, 15) is 4.39 Å². The quantitative estimate of drug-likeness (QED) is 0.829. The number of benzene rings is 2. The molecule has 2 aromatic carbocycles. The minimum absolute atomic E-state index is 0. The van der Waals surface area contributed by atoms with Gasteiger partial charge in [-0.1, -0.05) is 43.3 Å². The van der Waals surface area contributed by atoms with Gasteiger partial charge < -0.3 is 10.6 Å². The summed E-state index contributed by atoms with van der Waals surface area (Å²) in [4.78, 5) is 4.58. The molecule has 1 atom stereocenters. The fourth-order valence-electron chi connectivity index (χ4n) is 3.37. The Bertz CT molecular complexity index is 672. The highest BCUT2D eigenvalue weighted by atomic mass is 35.5. The third kappa shape index (κ3) is 5.44. The zero-order valence-electron chi connectivity index (χ0n) is 15.4. The van der Waals surface area contributed by atoms with Crippen molar-refractivity contribution in [2.45, 2.75) is 32.4 Å². The summed E-state index contributed by atoms with van der Waals surface area (Å²) in [5, 5.41) is 0. The van der Waals surface area contributed by atoms with Crippen molar-refractivity contribution in [2.24, 2.45) is 5.73 Å². The van der Waals surface area contributed by atoms with Crippen molar-refractivity contribution in [2.75, 3.05) is 31.1 Å². The summed E-state index contributed by atoms with van der Waals surface area (Å²) in [6.45, 7) is 6.65. The zero-order chi connectivity index (χ0) is 17.6. The maximum absolute atomic E-state index is 14.5. The van der Waals surface area contributed by atoms with E-state index < -0.39 is 0 Å². The highest BCUT2D eigenvalue weighted by molar-refractivity contribution is 5.85. The molecule has 0 amide bonds. The molecular formula is C21H29ClFN3. The van der Waals surface area contributed by atoms with Crippen molar-refractivity contribution in [3.8, 4) is 0 Å². The normalized spacial score (nSPS) is 16.2. The van der Waals surface area contributed by atoms with Crippen molar-refractivity contribution in [1.82, 2.24) is 4.90 Å². The van der Waals surface area contributed by atoms with Crippen LogP contribution in [0.1, 0.15) is 24.5 Å². The van der Waals surface area contributed by atoms with Gasteiger partial charge in [0.2, 0.25) is 0 Å². The van der Waals surface area contributed by atoms with Gasteiger partial charge in [-0.3, -0.25) is 4.90 Å². The predicted molar refractivity (Wildman–Crippen MR) is 110 cm³/mol. The van der Waals surface area contributed by atoms with Gasteiger partial charge in [0.15, 0.2) is 0 Å². The second kappa shape index (κ2) is 9.91. The lowest BCUT2D eigenvalue weighted by Gasteiger charge is -2.36. The first-order chi connectivity index (χ1) is 12.2. The molecule has 1 saturated heterocycles. The fraction of sp³-hybridized carbons (Fsp3) is 0.429. The molecule has 0 spiro atoms. The summed E-state index contributed by atoms with van der Waals surface area (Å²) >= 11 is 0. The Hall–Kier alpha value is -1.62. The number of rotatable bonds is 6. The first-order valence-corrected chi connectivity index (χ1v) is 9.21. The first-order valence-electron chi connectivity index (χ1n) is 9.21. The monoisotopic (exact) mass is 377 g/mol. The summed E-state index contributed by atoms with van der Waals surface area (Å²) in [5.41, 5.74) is 9.01. The van der Waals surface area contributed by atoms with Crippen LogP contribution in [0, 0.1) is 5.82 Å². The molecule has 26 heavy (non-hydrogen) atoms. The van der Waals surface area contributed by atoms with Gasteiger partial charge in [0.25, 0.3) is 0 Å². The van der Waals surface area contributed by atoms with Crippen molar-refractivity contribution >= 4 is 18.1 Å². The van der Waals surface area contributed by atoms with E-state index in [0.717, 1.165) is 51.1 Å². The molecule has 1 aliphatic heterocycles. The summed E-state index contributed by atoms with van der Waals surface area (Å²) in [6.07, 6.45) is 1.64. The second-order valence-electron chi connectivity index (χ2n) is 6.91. The maximum Gasteiger partial charge on any atom is 0.146 e. The van der Waals surface area contributed by atoms with E-state index in [1.165, 1.54) is 5.56 Å². The van der Waals surface area contributed by atoms with E-state index in [2.05, 4.69) is 41.0 Å². The smallest absolute Gasteiger partial charge is 0.146 e. The van der Waals surface area contributed by atoms with E-state index in [0.29, 0.717) is 5.69 Å². The van der Waals surface area contributed by atoms with E-state index in [4.69, 9.17) is 5.73 Å². The molecule has 2 aromatic rings. The average molecular weight is 378 g/mol. The predicted octanol–water partition coefficient (Wildman–Crippen LogP) is 3.85. The largest absolute Gasteiger partial charge is 0.367 e. The molecule has 1 aliphatic rings. The molecule has 2 N–H and O–H groups in total. The van der Waals surface area contributed by atoms with E-state index in [1.807, 2.05) is 18.2 Å². The van der Waals surface area contributed by atoms with Gasteiger partial charge in [-0.15, -0.1) is 12.4 Å². The summed E-state index contributed by atoms with van der Waals surface area (Å²) in [5.74, 6) is -0.127. The number of nitrogens with two attached hydrogens (primary N) is 1. The van der Waals surface area contributed by atoms with Crippen LogP contribution < -0.4 is 10.6 Å². The van der Waals surface area contributed by atoms with Gasteiger partial charge in [0.1, 0.15) is 5.82 Å². The number of hydrogen-bond donors (Lipinski definition) is 1. The summed E-state index contributed by atoms with van der Waals surface area (Å²) in [6, 6.07) is 16.2. The fourth-order valence-corrected chi connectivity index (χ4v) is 3.37. The standard InChI is InChI=1S/C21H28FN3.ClH/c1-2-19(23)14-18-8-9-21(20(22)15-18)25-12-10-24(11-13-25)16-17-6-4-3-5-7-17;/h3-9,15,19H,2,10-14,16,23H2,1H3;1H. The Morgan fingerprint density at radius 2 is 1.69 bits per heavy atom. The summed E-state index contributed by atoms with van der Waals surface area (Å²) in [7, 11) is 0. The van der Waals surface area contributed by atoms with Crippen LogP contribution in [0.2, 0.25) is 0 Å². The Morgan fingerprint density at radius 3 is 2.31 bits per heavy atom. The Balaban J connectivity index is 0.00000243. The topological polar surface area (TPSA) is 32.5 Å². The molecule has 5 heteroatoms. The molecule has 0 saturated carbocycles. The molecule has 0 aromatic heterocycles. The Kier molecular flexibility index (Phi) is 7.88. The molecule has 0 radical (unpaired) electrons. The van der Waals surface area contributed by atoms with E-state index in [1.54, 1.807) is 6.07 Å².